The minimum atomic E-state index is -2.89. The molecule has 0 radical (unpaired) electrons. The Balaban J connectivity index is 1.79. The van der Waals surface area contributed by atoms with Gasteiger partial charge in [-0.1, -0.05) is 18.2 Å². The van der Waals surface area contributed by atoms with Crippen LogP contribution in [0.2, 0.25) is 0 Å². The molecule has 4 aromatic rings. The first-order valence-corrected chi connectivity index (χ1v) is 9.98. The van der Waals surface area contributed by atoms with Crippen molar-refractivity contribution in [3.8, 4) is 16.9 Å². The van der Waals surface area contributed by atoms with E-state index in [2.05, 4.69) is 20.3 Å². The van der Waals surface area contributed by atoms with Crippen molar-refractivity contribution in [3.05, 3.63) is 77.6 Å². The number of benzene rings is 2. The Labute approximate surface area is 183 Å². The Kier molecular flexibility index (Phi) is 5.94. The monoisotopic (exact) mass is 438 g/mol. The topological polar surface area (TPSA) is 59.9 Å². The third-order valence-corrected chi connectivity index (χ3v) is 5.23. The number of methoxy groups -OCH3 is 1. The third kappa shape index (κ3) is 4.08. The first-order valence-electron chi connectivity index (χ1n) is 9.98. The van der Waals surface area contributed by atoms with Crippen molar-refractivity contribution in [1.82, 2.24) is 15.0 Å². The molecule has 164 valence electrons. The summed E-state index contributed by atoms with van der Waals surface area (Å²) in [5, 5.41) is 3.83. The number of ether oxygens (including phenoxy) is 1. The van der Waals surface area contributed by atoms with Gasteiger partial charge in [-0.15, -0.1) is 0 Å². The van der Waals surface area contributed by atoms with Crippen LogP contribution in [0.25, 0.3) is 22.0 Å². The van der Waals surface area contributed by atoms with Crippen LogP contribution in [-0.4, -0.2) is 22.1 Å². The van der Waals surface area contributed by atoms with Crippen LogP contribution in [0.15, 0.2) is 54.9 Å². The van der Waals surface area contributed by atoms with Crippen molar-refractivity contribution in [2.75, 3.05) is 12.4 Å². The molecule has 0 spiro atoms. The van der Waals surface area contributed by atoms with E-state index in [4.69, 9.17) is 4.74 Å². The van der Waals surface area contributed by atoms with E-state index in [9.17, 15) is 13.2 Å². The number of anilines is 1. The summed E-state index contributed by atoms with van der Waals surface area (Å²) in [6.45, 7) is 3.45. The quantitative estimate of drug-likeness (QED) is 0.385. The second-order valence-corrected chi connectivity index (χ2v) is 7.34. The average Bonchev–Trinajstić information content (AvgIpc) is 2.78. The lowest BCUT2D eigenvalue weighted by atomic mass is 10.0. The maximum Gasteiger partial charge on any atom is 0.266 e. The van der Waals surface area contributed by atoms with Crippen molar-refractivity contribution in [2.24, 2.45) is 0 Å². The number of aromatic nitrogens is 3. The van der Waals surface area contributed by atoms with E-state index in [1.54, 1.807) is 33.4 Å². The standard InChI is InChI=1S/C24H21F3N4O/c1-13(16-5-4-6-17(22(16)25)23(26)27)29-24-19-12-21(32-3)18(15-7-9-28-10-8-15)11-20(19)30-14(2)31-24/h4-13,23H,1-3H3,(H,29,30,31)/t13-/m1/s1. The predicted octanol–water partition coefficient (Wildman–Crippen LogP) is 6.26. The Morgan fingerprint density at radius 2 is 1.72 bits per heavy atom. The number of halogens is 3. The number of hydrogen-bond donors (Lipinski definition) is 1. The number of pyridine rings is 1. The van der Waals surface area contributed by atoms with Gasteiger partial charge in [-0.3, -0.25) is 4.98 Å². The van der Waals surface area contributed by atoms with E-state index < -0.39 is 23.8 Å². The molecule has 1 N–H and O–H groups in total. The molecule has 8 heteroatoms. The summed E-state index contributed by atoms with van der Waals surface area (Å²) in [6.07, 6.45) is 0.502. The first kappa shape index (κ1) is 21.5. The molecule has 0 bridgehead atoms. The molecule has 2 aromatic carbocycles. The normalized spacial score (nSPS) is 12.2. The molecule has 0 saturated heterocycles. The third-order valence-electron chi connectivity index (χ3n) is 5.23. The molecule has 0 unspecified atom stereocenters. The van der Waals surface area contributed by atoms with Crippen LogP contribution in [0.5, 0.6) is 5.75 Å². The molecule has 1 atom stereocenters. The Morgan fingerprint density at radius 1 is 1.00 bits per heavy atom. The molecule has 0 aliphatic heterocycles. The van der Waals surface area contributed by atoms with Gasteiger partial charge in [-0.2, -0.15) is 0 Å². The molecule has 2 heterocycles. The van der Waals surface area contributed by atoms with Crippen LogP contribution < -0.4 is 10.1 Å². The lowest BCUT2D eigenvalue weighted by Crippen LogP contribution is -2.12. The highest BCUT2D eigenvalue weighted by Crippen LogP contribution is 2.36. The Hall–Kier alpha value is -3.68. The van der Waals surface area contributed by atoms with E-state index in [0.717, 1.165) is 17.2 Å². The summed E-state index contributed by atoms with van der Waals surface area (Å²) in [6, 6.07) is 10.8. The molecule has 0 aliphatic carbocycles. The highest BCUT2D eigenvalue weighted by Gasteiger charge is 2.21. The van der Waals surface area contributed by atoms with Crippen LogP contribution in [0.4, 0.5) is 19.0 Å². The summed E-state index contributed by atoms with van der Waals surface area (Å²) < 4.78 is 46.5. The minimum Gasteiger partial charge on any atom is -0.496 e. The fourth-order valence-electron chi connectivity index (χ4n) is 3.66. The van der Waals surface area contributed by atoms with Crippen molar-refractivity contribution in [1.29, 1.82) is 0 Å². The molecule has 0 fully saturated rings. The molecular formula is C24H21F3N4O. The molecule has 32 heavy (non-hydrogen) atoms. The molecule has 0 aliphatic rings. The number of hydrogen-bond acceptors (Lipinski definition) is 5. The average molecular weight is 438 g/mol. The Bertz CT molecular complexity index is 1270. The zero-order valence-corrected chi connectivity index (χ0v) is 17.7. The summed E-state index contributed by atoms with van der Waals surface area (Å²) in [7, 11) is 1.57. The zero-order chi connectivity index (χ0) is 22.8. The molecular weight excluding hydrogens is 417 g/mol. The summed E-state index contributed by atoms with van der Waals surface area (Å²) in [5.41, 5.74) is 1.94. The van der Waals surface area contributed by atoms with Crippen molar-refractivity contribution >= 4 is 16.7 Å². The van der Waals surface area contributed by atoms with E-state index in [1.807, 2.05) is 24.3 Å². The molecule has 4 rings (SSSR count). The lowest BCUT2D eigenvalue weighted by Gasteiger charge is -2.19. The number of nitrogens with zero attached hydrogens (tertiary/aromatic N) is 3. The van der Waals surface area contributed by atoms with Gasteiger partial charge < -0.3 is 10.1 Å². The number of fused-ring (bicyclic) bond motifs is 1. The van der Waals surface area contributed by atoms with Crippen LogP contribution in [-0.2, 0) is 0 Å². The SMILES string of the molecule is COc1cc2c(N[C@H](C)c3cccc(C(F)F)c3F)nc(C)nc2cc1-c1ccncc1. The van der Waals surface area contributed by atoms with Gasteiger partial charge in [0.1, 0.15) is 23.2 Å². The second-order valence-electron chi connectivity index (χ2n) is 7.34. The van der Waals surface area contributed by atoms with Crippen molar-refractivity contribution in [2.45, 2.75) is 26.3 Å². The van der Waals surface area contributed by atoms with Gasteiger partial charge in [0.25, 0.3) is 6.43 Å². The smallest absolute Gasteiger partial charge is 0.266 e. The van der Waals surface area contributed by atoms with Crippen molar-refractivity contribution in [3.63, 3.8) is 0 Å². The van der Waals surface area contributed by atoms with E-state index in [0.29, 0.717) is 28.3 Å². The largest absolute Gasteiger partial charge is 0.496 e. The van der Waals surface area contributed by atoms with Gasteiger partial charge in [0.05, 0.1) is 24.2 Å². The molecule has 5 nitrogen and oxygen atoms in total. The lowest BCUT2D eigenvalue weighted by molar-refractivity contribution is 0.146. The highest BCUT2D eigenvalue weighted by molar-refractivity contribution is 5.95. The number of alkyl halides is 2. The molecule has 0 saturated carbocycles. The summed E-state index contributed by atoms with van der Waals surface area (Å²) >= 11 is 0. The predicted molar refractivity (Wildman–Crippen MR) is 117 cm³/mol. The van der Waals surface area contributed by atoms with Crippen molar-refractivity contribution < 1.29 is 17.9 Å². The highest BCUT2D eigenvalue weighted by atomic mass is 19.3. The van der Waals surface area contributed by atoms with E-state index in [-0.39, 0.29) is 5.56 Å². The number of nitrogens with one attached hydrogen (secondary N) is 1. The maximum absolute atomic E-state index is 14.7. The maximum atomic E-state index is 14.7. The van der Waals surface area contributed by atoms with Gasteiger partial charge in [0, 0.05) is 28.9 Å². The molecule has 0 amide bonds. The summed E-state index contributed by atoms with van der Waals surface area (Å²) in [5.74, 6) is 0.661. The van der Waals surface area contributed by atoms with Crippen LogP contribution in [0.3, 0.4) is 0 Å². The van der Waals surface area contributed by atoms with E-state index in [1.165, 1.54) is 12.1 Å². The fraction of sp³-hybridized carbons (Fsp3) is 0.208. The number of rotatable bonds is 6. The molecule has 2 aromatic heterocycles. The van der Waals surface area contributed by atoms with E-state index >= 15 is 0 Å². The Morgan fingerprint density at radius 3 is 2.41 bits per heavy atom. The minimum absolute atomic E-state index is 0.132. The summed E-state index contributed by atoms with van der Waals surface area (Å²) in [4.78, 5) is 13.1. The van der Waals surface area contributed by atoms with Crippen LogP contribution >= 0.6 is 0 Å². The first-order chi connectivity index (χ1) is 15.4. The zero-order valence-electron chi connectivity index (χ0n) is 17.7. The van der Waals surface area contributed by atoms with Gasteiger partial charge in [0.2, 0.25) is 0 Å². The number of aryl methyl sites for hydroxylation is 1. The van der Waals surface area contributed by atoms with Gasteiger partial charge >= 0.3 is 0 Å². The fourth-order valence-corrected chi connectivity index (χ4v) is 3.66. The van der Waals surface area contributed by atoms with Gasteiger partial charge in [-0.25, -0.2) is 23.1 Å². The van der Waals surface area contributed by atoms with Gasteiger partial charge in [-0.05, 0) is 43.7 Å². The van der Waals surface area contributed by atoms with Crippen LogP contribution in [0.1, 0.15) is 36.3 Å². The van der Waals surface area contributed by atoms with Gasteiger partial charge in [0.15, 0.2) is 0 Å². The second kappa shape index (κ2) is 8.82. The van der Waals surface area contributed by atoms with Crippen LogP contribution in [0, 0.1) is 12.7 Å².